The Morgan fingerprint density at radius 1 is 1.07 bits per heavy atom. The highest BCUT2D eigenvalue weighted by Crippen LogP contribution is 2.33. The molecule has 1 heterocycles. The first-order chi connectivity index (χ1) is 13.2. The molecule has 0 aromatic heterocycles. The number of amides is 1. The standard InChI is InChI=1S/C23H24N2OS/c1-3-4-17-25-22(26)21(12-8-11-19-9-6-5-7-10-19)27-23(25)24-20-15-13-18(2)14-16-20/h5-16H,3-4,17H2,1-2H3/b11-8+,21-12+,24-23?. The third-order valence-corrected chi connectivity index (χ3v) is 5.24. The van der Waals surface area contributed by atoms with Gasteiger partial charge in [-0.1, -0.05) is 73.5 Å². The molecule has 1 fully saturated rings. The summed E-state index contributed by atoms with van der Waals surface area (Å²) in [6.07, 6.45) is 7.83. The van der Waals surface area contributed by atoms with Crippen molar-refractivity contribution in [2.45, 2.75) is 26.7 Å². The number of benzene rings is 2. The zero-order valence-electron chi connectivity index (χ0n) is 15.8. The summed E-state index contributed by atoms with van der Waals surface area (Å²) in [6.45, 7) is 4.88. The molecular weight excluding hydrogens is 352 g/mol. The molecule has 1 aliphatic heterocycles. The first-order valence-corrected chi connectivity index (χ1v) is 10.1. The van der Waals surface area contributed by atoms with Gasteiger partial charge in [-0.3, -0.25) is 9.69 Å². The van der Waals surface area contributed by atoms with E-state index in [0.29, 0.717) is 11.4 Å². The molecule has 1 saturated heterocycles. The molecule has 0 spiro atoms. The third-order valence-electron chi connectivity index (χ3n) is 4.22. The van der Waals surface area contributed by atoms with Gasteiger partial charge in [0.1, 0.15) is 0 Å². The Bertz CT molecular complexity index is 867. The van der Waals surface area contributed by atoms with Gasteiger partial charge in [-0.25, -0.2) is 4.99 Å². The van der Waals surface area contributed by atoms with Crippen LogP contribution in [0.1, 0.15) is 30.9 Å². The quantitative estimate of drug-likeness (QED) is 0.583. The van der Waals surface area contributed by atoms with Crippen LogP contribution in [0.3, 0.4) is 0 Å². The molecule has 1 amide bonds. The summed E-state index contributed by atoms with van der Waals surface area (Å²) in [5.74, 6) is 0.0389. The van der Waals surface area contributed by atoms with E-state index in [2.05, 4.69) is 13.8 Å². The Morgan fingerprint density at radius 2 is 1.81 bits per heavy atom. The van der Waals surface area contributed by atoms with Gasteiger partial charge in [0.15, 0.2) is 5.17 Å². The molecule has 3 rings (SSSR count). The molecule has 2 aromatic carbocycles. The van der Waals surface area contributed by atoms with E-state index in [4.69, 9.17) is 4.99 Å². The molecule has 4 heteroatoms. The summed E-state index contributed by atoms with van der Waals surface area (Å²) >= 11 is 1.45. The van der Waals surface area contributed by atoms with Crippen molar-refractivity contribution in [1.82, 2.24) is 4.90 Å². The van der Waals surface area contributed by atoms with E-state index < -0.39 is 0 Å². The molecule has 0 bridgehead atoms. The predicted octanol–water partition coefficient (Wildman–Crippen LogP) is 5.96. The summed E-state index contributed by atoms with van der Waals surface area (Å²) in [7, 11) is 0. The predicted molar refractivity (Wildman–Crippen MR) is 116 cm³/mol. The number of hydrogen-bond acceptors (Lipinski definition) is 3. The van der Waals surface area contributed by atoms with Gasteiger partial charge in [0.05, 0.1) is 10.6 Å². The Kier molecular flexibility index (Phi) is 6.66. The normalized spacial score (nSPS) is 17.6. The van der Waals surface area contributed by atoms with E-state index in [-0.39, 0.29) is 5.91 Å². The van der Waals surface area contributed by atoms with Gasteiger partial charge in [-0.15, -0.1) is 0 Å². The number of unbranched alkanes of at least 4 members (excludes halogenated alkanes) is 1. The number of amidine groups is 1. The minimum atomic E-state index is 0.0389. The maximum atomic E-state index is 12.8. The molecule has 27 heavy (non-hydrogen) atoms. The van der Waals surface area contributed by atoms with Crippen molar-refractivity contribution in [2.24, 2.45) is 4.99 Å². The summed E-state index contributed by atoms with van der Waals surface area (Å²) in [5.41, 5.74) is 3.18. The van der Waals surface area contributed by atoms with Crippen LogP contribution in [0, 0.1) is 6.92 Å². The van der Waals surface area contributed by atoms with Crippen molar-refractivity contribution in [3.63, 3.8) is 0 Å². The zero-order valence-corrected chi connectivity index (χ0v) is 16.6. The SMILES string of the molecule is CCCCN1C(=O)/C(=C\C=C\c2ccccc2)SC1=Nc1ccc(C)cc1. The maximum Gasteiger partial charge on any atom is 0.266 e. The van der Waals surface area contributed by atoms with Crippen molar-refractivity contribution in [3.8, 4) is 0 Å². The minimum Gasteiger partial charge on any atom is -0.286 e. The average molecular weight is 377 g/mol. The number of aryl methyl sites for hydroxylation is 1. The number of aliphatic imine (C=N–C) groups is 1. The Balaban J connectivity index is 1.82. The van der Waals surface area contributed by atoms with Crippen LogP contribution >= 0.6 is 11.8 Å². The highest BCUT2D eigenvalue weighted by molar-refractivity contribution is 8.18. The van der Waals surface area contributed by atoms with Gasteiger partial charge < -0.3 is 0 Å². The van der Waals surface area contributed by atoms with Crippen molar-refractivity contribution in [2.75, 3.05) is 6.54 Å². The Labute approximate surface area is 165 Å². The van der Waals surface area contributed by atoms with Crippen LogP contribution in [0.4, 0.5) is 5.69 Å². The number of nitrogens with zero attached hydrogens (tertiary/aromatic N) is 2. The molecule has 3 nitrogen and oxygen atoms in total. The minimum absolute atomic E-state index is 0.0389. The lowest BCUT2D eigenvalue weighted by atomic mass is 10.2. The monoisotopic (exact) mass is 376 g/mol. The van der Waals surface area contributed by atoms with Crippen molar-refractivity contribution in [3.05, 3.63) is 82.8 Å². The van der Waals surface area contributed by atoms with Crippen LogP contribution in [0.15, 0.2) is 76.6 Å². The first-order valence-electron chi connectivity index (χ1n) is 9.26. The molecule has 0 N–H and O–H groups in total. The second-order valence-corrected chi connectivity index (χ2v) is 7.45. The largest absolute Gasteiger partial charge is 0.286 e. The number of rotatable bonds is 6. The van der Waals surface area contributed by atoms with Gasteiger partial charge in [0.25, 0.3) is 5.91 Å². The molecule has 0 atom stereocenters. The van der Waals surface area contributed by atoms with Gasteiger partial charge in [-0.2, -0.15) is 0 Å². The lowest BCUT2D eigenvalue weighted by Gasteiger charge is -2.14. The number of carbonyl (C=O) groups excluding carboxylic acids is 1. The van der Waals surface area contributed by atoms with Crippen LogP contribution in [0.25, 0.3) is 6.08 Å². The third kappa shape index (κ3) is 5.20. The number of allylic oxidation sites excluding steroid dienone is 2. The van der Waals surface area contributed by atoms with Crippen LogP contribution in [0.5, 0.6) is 0 Å². The van der Waals surface area contributed by atoms with E-state index in [0.717, 1.165) is 29.3 Å². The number of hydrogen-bond donors (Lipinski definition) is 0. The van der Waals surface area contributed by atoms with Crippen molar-refractivity contribution < 1.29 is 4.79 Å². The average Bonchev–Trinajstić information content (AvgIpc) is 2.97. The van der Waals surface area contributed by atoms with E-state index in [1.165, 1.54) is 17.3 Å². The van der Waals surface area contributed by atoms with Crippen LogP contribution in [-0.2, 0) is 4.79 Å². The van der Waals surface area contributed by atoms with E-state index in [9.17, 15) is 4.79 Å². The zero-order chi connectivity index (χ0) is 19.1. The van der Waals surface area contributed by atoms with Gasteiger partial charge in [0.2, 0.25) is 0 Å². The van der Waals surface area contributed by atoms with E-state index in [1.54, 1.807) is 4.90 Å². The Morgan fingerprint density at radius 3 is 2.52 bits per heavy atom. The van der Waals surface area contributed by atoms with Gasteiger partial charge in [0, 0.05) is 6.54 Å². The molecule has 138 valence electrons. The topological polar surface area (TPSA) is 32.7 Å². The second kappa shape index (κ2) is 9.38. The molecule has 0 aliphatic carbocycles. The summed E-state index contributed by atoms with van der Waals surface area (Å²) in [4.78, 5) is 20.1. The Hall–Kier alpha value is -2.59. The molecule has 0 radical (unpaired) electrons. The summed E-state index contributed by atoms with van der Waals surface area (Å²) in [5, 5.41) is 0.761. The van der Waals surface area contributed by atoms with E-state index >= 15 is 0 Å². The number of thioether (sulfide) groups is 1. The van der Waals surface area contributed by atoms with Crippen LogP contribution in [-0.4, -0.2) is 22.5 Å². The van der Waals surface area contributed by atoms with Crippen LogP contribution < -0.4 is 0 Å². The highest BCUT2D eigenvalue weighted by atomic mass is 32.2. The van der Waals surface area contributed by atoms with Crippen molar-refractivity contribution in [1.29, 1.82) is 0 Å². The van der Waals surface area contributed by atoms with Crippen molar-refractivity contribution >= 4 is 34.6 Å². The molecular formula is C23H24N2OS. The summed E-state index contributed by atoms with van der Waals surface area (Å²) in [6, 6.07) is 18.1. The lowest BCUT2D eigenvalue weighted by molar-refractivity contribution is -0.122. The second-order valence-electron chi connectivity index (χ2n) is 6.44. The fraction of sp³-hybridized carbons (Fsp3) is 0.217. The first kappa shape index (κ1) is 19.2. The molecule has 0 unspecified atom stereocenters. The van der Waals surface area contributed by atoms with Crippen LogP contribution in [0.2, 0.25) is 0 Å². The van der Waals surface area contributed by atoms with Gasteiger partial charge >= 0.3 is 0 Å². The lowest BCUT2D eigenvalue weighted by Crippen LogP contribution is -2.30. The fourth-order valence-electron chi connectivity index (χ4n) is 2.66. The fourth-order valence-corrected chi connectivity index (χ4v) is 3.64. The molecule has 1 aliphatic rings. The molecule has 0 saturated carbocycles. The smallest absolute Gasteiger partial charge is 0.266 e. The number of carbonyl (C=O) groups is 1. The highest BCUT2D eigenvalue weighted by Gasteiger charge is 2.32. The molecule has 2 aromatic rings. The maximum absolute atomic E-state index is 12.8. The summed E-state index contributed by atoms with van der Waals surface area (Å²) < 4.78 is 0. The van der Waals surface area contributed by atoms with E-state index in [1.807, 2.05) is 72.8 Å². The van der Waals surface area contributed by atoms with Gasteiger partial charge in [-0.05, 0) is 48.9 Å².